The van der Waals surface area contributed by atoms with Gasteiger partial charge in [-0.1, -0.05) is 23.2 Å². The van der Waals surface area contributed by atoms with Crippen LogP contribution in [0.3, 0.4) is 0 Å². The number of hydrogen-bond acceptors (Lipinski definition) is 4. The Kier molecular flexibility index (Phi) is 6.08. The highest BCUT2D eigenvalue weighted by Gasteiger charge is 2.30. The second-order valence-corrected chi connectivity index (χ2v) is 7.50. The number of nitrogens with zero attached hydrogens (tertiary/aromatic N) is 2. The van der Waals surface area contributed by atoms with Crippen molar-refractivity contribution >= 4 is 40.7 Å². The number of nitro groups is 1. The van der Waals surface area contributed by atoms with Gasteiger partial charge in [-0.25, -0.2) is 5.01 Å². The van der Waals surface area contributed by atoms with Crippen LogP contribution in [0.1, 0.15) is 41.5 Å². The van der Waals surface area contributed by atoms with Crippen LogP contribution in [-0.2, 0) is 0 Å². The van der Waals surface area contributed by atoms with Crippen molar-refractivity contribution in [1.29, 1.82) is 0 Å². The predicted molar refractivity (Wildman–Crippen MR) is 103 cm³/mol. The molecule has 0 aliphatic heterocycles. The van der Waals surface area contributed by atoms with Crippen molar-refractivity contribution in [2.45, 2.75) is 26.3 Å². The topological polar surface area (TPSA) is 92.6 Å². The van der Waals surface area contributed by atoms with Gasteiger partial charge in [-0.05, 0) is 51.1 Å². The Morgan fingerprint density at radius 3 is 2.04 bits per heavy atom. The first-order valence-electron chi connectivity index (χ1n) is 7.86. The Morgan fingerprint density at radius 1 is 1.00 bits per heavy atom. The first-order valence-corrected chi connectivity index (χ1v) is 8.61. The third kappa shape index (κ3) is 4.96. The summed E-state index contributed by atoms with van der Waals surface area (Å²) in [4.78, 5) is 35.6. The summed E-state index contributed by atoms with van der Waals surface area (Å²) in [6.45, 7) is 5.22. The lowest BCUT2D eigenvalue weighted by molar-refractivity contribution is -0.384. The molecule has 0 fully saturated rings. The first-order chi connectivity index (χ1) is 12.5. The van der Waals surface area contributed by atoms with E-state index in [4.69, 9.17) is 23.2 Å². The fourth-order valence-corrected chi connectivity index (χ4v) is 2.48. The van der Waals surface area contributed by atoms with Gasteiger partial charge in [-0.15, -0.1) is 0 Å². The third-order valence-corrected chi connectivity index (χ3v) is 4.33. The molecule has 0 radical (unpaired) electrons. The Balaban J connectivity index is 2.29. The van der Waals surface area contributed by atoms with Gasteiger partial charge in [0.2, 0.25) is 0 Å². The maximum Gasteiger partial charge on any atom is 0.272 e. The van der Waals surface area contributed by atoms with Crippen molar-refractivity contribution in [2.24, 2.45) is 0 Å². The summed E-state index contributed by atoms with van der Waals surface area (Å²) in [5, 5.41) is 12.5. The van der Waals surface area contributed by atoms with Crippen LogP contribution in [0, 0.1) is 10.1 Å². The van der Waals surface area contributed by atoms with E-state index in [-0.39, 0.29) is 21.8 Å². The number of amides is 2. The summed E-state index contributed by atoms with van der Waals surface area (Å²) in [7, 11) is 0. The largest absolute Gasteiger partial charge is 0.272 e. The van der Waals surface area contributed by atoms with Crippen LogP contribution in [0.4, 0.5) is 5.69 Å². The number of rotatable bonds is 3. The zero-order valence-corrected chi connectivity index (χ0v) is 16.3. The number of nitro benzene ring substituents is 1. The molecule has 0 atom stereocenters. The summed E-state index contributed by atoms with van der Waals surface area (Å²) in [6.07, 6.45) is 0. The smallest absolute Gasteiger partial charge is 0.267 e. The molecular weight excluding hydrogens is 393 g/mol. The second kappa shape index (κ2) is 7.94. The molecule has 142 valence electrons. The monoisotopic (exact) mass is 409 g/mol. The average Bonchev–Trinajstić information content (AvgIpc) is 2.60. The van der Waals surface area contributed by atoms with Gasteiger partial charge in [0.05, 0.1) is 20.5 Å². The number of halogens is 2. The number of hydrogen-bond donors (Lipinski definition) is 1. The van der Waals surface area contributed by atoms with E-state index < -0.39 is 22.3 Å². The maximum absolute atomic E-state index is 12.9. The van der Waals surface area contributed by atoms with Crippen molar-refractivity contribution in [1.82, 2.24) is 10.4 Å². The first kappa shape index (κ1) is 20.7. The number of nitrogens with one attached hydrogen (secondary N) is 1. The summed E-state index contributed by atoms with van der Waals surface area (Å²) in [6, 6.07) is 9.51. The van der Waals surface area contributed by atoms with E-state index in [9.17, 15) is 19.7 Å². The van der Waals surface area contributed by atoms with Crippen LogP contribution in [0.5, 0.6) is 0 Å². The minimum absolute atomic E-state index is 0.131. The van der Waals surface area contributed by atoms with E-state index in [1.54, 1.807) is 20.8 Å². The molecule has 0 aliphatic carbocycles. The SMILES string of the molecule is CC(C)(C)N(NC(=O)c1ccc(Cl)c(Cl)c1)C(=O)c1ccc([N+](=O)[O-])cc1. The molecule has 0 saturated heterocycles. The van der Waals surface area contributed by atoms with Crippen molar-refractivity contribution in [2.75, 3.05) is 0 Å². The molecule has 0 heterocycles. The quantitative estimate of drug-likeness (QED) is 0.596. The van der Waals surface area contributed by atoms with Crippen LogP contribution >= 0.6 is 23.2 Å². The standard InChI is InChI=1S/C18H17Cl2N3O4/c1-18(2,3)22(17(25)11-4-7-13(8-5-11)23(26)27)21-16(24)12-6-9-14(19)15(20)10-12/h4-10H,1-3H3,(H,21,24). The molecule has 0 spiro atoms. The zero-order valence-electron chi connectivity index (χ0n) is 14.8. The van der Waals surface area contributed by atoms with E-state index in [1.807, 2.05) is 0 Å². The van der Waals surface area contributed by atoms with Gasteiger partial charge in [-0.2, -0.15) is 0 Å². The molecule has 2 aromatic rings. The third-order valence-electron chi connectivity index (χ3n) is 3.59. The van der Waals surface area contributed by atoms with E-state index in [1.165, 1.54) is 47.5 Å². The van der Waals surface area contributed by atoms with Crippen molar-refractivity contribution < 1.29 is 14.5 Å². The van der Waals surface area contributed by atoms with Gasteiger partial charge in [0.15, 0.2) is 0 Å². The molecule has 0 aliphatic rings. The Morgan fingerprint density at radius 2 is 1.56 bits per heavy atom. The van der Waals surface area contributed by atoms with Crippen molar-refractivity contribution in [3.05, 3.63) is 73.8 Å². The molecule has 1 N–H and O–H groups in total. The molecule has 2 aromatic carbocycles. The molecule has 7 nitrogen and oxygen atoms in total. The van der Waals surface area contributed by atoms with Gasteiger partial charge in [-0.3, -0.25) is 25.1 Å². The fourth-order valence-electron chi connectivity index (χ4n) is 2.18. The van der Waals surface area contributed by atoms with Crippen LogP contribution < -0.4 is 5.43 Å². The van der Waals surface area contributed by atoms with Crippen LogP contribution in [0.15, 0.2) is 42.5 Å². The molecule has 0 bridgehead atoms. The van der Waals surface area contributed by atoms with Gasteiger partial charge < -0.3 is 0 Å². The molecule has 2 rings (SSSR count). The molecule has 0 unspecified atom stereocenters. The van der Waals surface area contributed by atoms with Crippen molar-refractivity contribution in [3.63, 3.8) is 0 Å². The Labute approximate surface area is 166 Å². The zero-order chi connectivity index (χ0) is 20.4. The maximum atomic E-state index is 12.9. The Hall–Kier alpha value is -2.64. The molecule has 27 heavy (non-hydrogen) atoms. The van der Waals surface area contributed by atoms with Crippen LogP contribution in [0.2, 0.25) is 10.0 Å². The fraction of sp³-hybridized carbons (Fsp3) is 0.222. The molecule has 9 heteroatoms. The number of carbonyl (C=O) groups is 2. The lowest BCUT2D eigenvalue weighted by atomic mass is 10.1. The van der Waals surface area contributed by atoms with Gasteiger partial charge in [0.25, 0.3) is 17.5 Å². The Bertz CT molecular complexity index is 892. The van der Waals surface area contributed by atoms with Gasteiger partial charge >= 0.3 is 0 Å². The number of benzene rings is 2. The number of non-ortho nitro benzene ring substituents is 1. The molecular formula is C18H17Cl2N3O4. The minimum Gasteiger partial charge on any atom is -0.267 e. The van der Waals surface area contributed by atoms with E-state index in [0.29, 0.717) is 5.02 Å². The van der Waals surface area contributed by atoms with E-state index in [2.05, 4.69) is 5.43 Å². The summed E-state index contributed by atoms with van der Waals surface area (Å²) < 4.78 is 0. The predicted octanol–water partition coefficient (Wildman–Crippen LogP) is 4.49. The average molecular weight is 410 g/mol. The van der Waals surface area contributed by atoms with Crippen molar-refractivity contribution in [3.8, 4) is 0 Å². The van der Waals surface area contributed by atoms with Crippen LogP contribution in [0.25, 0.3) is 0 Å². The molecule has 0 saturated carbocycles. The second-order valence-electron chi connectivity index (χ2n) is 6.69. The molecule has 0 aromatic heterocycles. The number of hydrazine groups is 1. The van der Waals surface area contributed by atoms with Crippen LogP contribution in [-0.4, -0.2) is 27.3 Å². The lowest BCUT2D eigenvalue weighted by Gasteiger charge is -2.35. The minimum atomic E-state index is -0.759. The molecule has 2 amide bonds. The van der Waals surface area contributed by atoms with E-state index >= 15 is 0 Å². The summed E-state index contributed by atoms with van der Waals surface area (Å²) >= 11 is 11.8. The van der Waals surface area contributed by atoms with Gasteiger partial charge in [0, 0.05) is 23.3 Å². The normalized spacial score (nSPS) is 11.0. The summed E-state index contributed by atoms with van der Waals surface area (Å²) in [5.74, 6) is -1.05. The highest BCUT2D eigenvalue weighted by molar-refractivity contribution is 6.42. The van der Waals surface area contributed by atoms with Gasteiger partial charge in [0.1, 0.15) is 0 Å². The van der Waals surface area contributed by atoms with E-state index in [0.717, 1.165) is 0 Å². The summed E-state index contributed by atoms with van der Waals surface area (Å²) in [5.41, 5.74) is 2.11. The highest BCUT2D eigenvalue weighted by Crippen LogP contribution is 2.23. The number of carbonyl (C=O) groups excluding carboxylic acids is 2. The highest BCUT2D eigenvalue weighted by atomic mass is 35.5. The lowest BCUT2D eigenvalue weighted by Crippen LogP contribution is -2.55.